The van der Waals surface area contributed by atoms with Gasteiger partial charge in [-0.3, -0.25) is 4.68 Å². The van der Waals surface area contributed by atoms with Crippen molar-refractivity contribution in [1.82, 2.24) is 24.6 Å². The van der Waals surface area contributed by atoms with Crippen molar-refractivity contribution in [3.05, 3.63) is 47.8 Å². The van der Waals surface area contributed by atoms with Crippen LogP contribution in [0.15, 0.2) is 36.7 Å². The van der Waals surface area contributed by atoms with Gasteiger partial charge in [0.25, 0.3) is 0 Å². The molecular weight excluding hydrogens is 452 g/mol. The molecule has 36 heavy (non-hydrogen) atoms. The molecule has 3 aromatic rings. The molecule has 0 bridgehead atoms. The van der Waals surface area contributed by atoms with Crippen LogP contribution in [0.5, 0.6) is 0 Å². The SMILES string of the molecule is CC1Cc2ccc(-c3cnn(C4CCOCC4)c3)cc2CN1c1cc(N2CCN(C)CC2)nc(N)n1. The lowest BCUT2D eigenvalue weighted by molar-refractivity contribution is 0.0662. The molecule has 9 nitrogen and oxygen atoms in total. The van der Waals surface area contributed by atoms with Gasteiger partial charge >= 0.3 is 0 Å². The Bertz CT molecular complexity index is 1210. The molecule has 0 spiro atoms. The maximum Gasteiger partial charge on any atom is 0.223 e. The minimum absolute atomic E-state index is 0.328. The Balaban J connectivity index is 1.24. The Kier molecular flexibility index (Phi) is 6.27. The van der Waals surface area contributed by atoms with E-state index in [1.165, 1.54) is 16.7 Å². The predicted octanol–water partition coefficient (Wildman–Crippen LogP) is 2.98. The highest BCUT2D eigenvalue weighted by Gasteiger charge is 2.26. The van der Waals surface area contributed by atoms with Crippen LogP contribution in [0.3, 0.4) is 0 Å². The van der Waals surface area contributed by atoms with E-state index in [4.69, 9.17) is 10.5 Å². The molecule has 6 rings (SSSR count). The number of aromatic nitrogens is 4. The monoisotopic (exact) mass is 488 g/mol. The largest absolute Gasteiger partial charge is 0.381 e. The Hall–Kier alpha value is -3.17. The van der Waals surface area contributed by atoms with Crippen LogP contribution in [0, 0.1) is 0 Å². The molecule has 2 saturated heterocycles. The Morgan fingerprint density at radius 1 is 0.944 bits per heavy atom. The number of rotatable bonds is 4. The van der Waals surface area contributed by atoms with Gasteiger partial charge in [0.1, 0.15) is 11.6 Å². The molecule has 2 N–H and O–H groups in total. The Morgan fingerprint density at radius 2 is 1.72 bits per heavy atom. The zero-order chi connectivity index (χ0) is 24.6. The zero-order valence-electron chi connectivity index (χ0n) is 21.3. The van der Waals surface area contributed by atoms with E-state index < -0.39 is 0 Å². The summed E-state index contributed by atoms with van der Waals surface area (Å²) in [6.45, 7) is 8.67. The number of nitrogen functional groups attached to an aromatic ring is 1. The van der Waals surface area contributed by atoms with Crippen molar-refractivity contribution in [3.8, 4) is 11.1 Å². The molecule has 5 heterocycles. The van der Waals surface area contributed by atoms with Gasteiger partial charge < -0.3 is 25.2 Å². The van der Waals surface area contributed by atoms with Crippen LogP contribution in [-0.4, -0.2) is 77.1 Å². The normalized spacial score (nSPS) is 21.6. The number of nitrogens with zero attached hydrogens (tertiary/aromatic N) is 7. The van der Waals surface area contributed by atoms with Gasteiger partial charge in [0.2, 0.25) is 5.95 Å². The van der Waals surface area contributed by atoms with Crippen molar-refractivity contribution in [2.24, 2.45) is 0 Å². The molecule has 2 aromatic heterocycles. The van der Waals surface area contributed by atoms with Gasteiger partial charge in [-0.2, -0.15) is 15.1 Å². The average molecular weight is 489 g/mol. The minimum Gasteiger partial charge on any atom is -0.381 e. The van der Waals surface area contributed by atoms with E-state index in [-0.39, 0.29) is 0 Å². The van der Waals surface area contributed by atoms with Crippen molar-refractivity contribution in [3.63, 3.8) is 0 Å². The van der Waals surface area contributed by atoms with Crippen LogP contribution >= 0.6 is 0 Å². The fourth-order valence-electron chi connectivity index (χ4n) is 5.65. The molecule has 0 aliphatic carbocycles. The van der Waals surface area contributed by atoms with Crippen molar-refractivity contribution in [1.29, 1.82) is 0 Å². The molecule has 0 radical (unpaired) electrons. The first-order chi connectivity index (χ1) is 17.5. The summed E-state index contributed by atoms with van der Waals surface area (Å²) < 4.78 is 7.64. The highest BCUT2D eigenvalue weighted by molar-refractivity contribution is 5.65. The summed E-state index contributed by atoms with van der Waals surface area (Å²) in [7, 11) is 2.16. The summed E-state index contributed by atoms with van der Waals surface area (Å²) in [5, 5.41) is 4.68. The number of likely N-dealkylation sites (N-methyl/N-ethyl adjacent to an activating group) is 1. The summed E-state index contributed by atoms with van der Waals surface area (Å²) in [6.07, 6.45) is 7.21. The molecule has 1 aromatic carbocycles. The first kappa shape index (κ1) is 23.2. The second-order valence-corrected chi connectivity index (χ2v) is 10.4. The summed E-state index contributed by atoms with van der Waals surface area (Å²) in [4.78, 5) is 16.3. The number of benzene rings is 1. The first-order valence-corrected chi connectivity index (χ1v) is 13.1. The van der Waals surface area contributed by atoms with Gasteiger partial charge in [-0.1, -0.05) is 12.1 Å². The molecule has 9 heteroatoms. The summed E-state index contributed by atoms with van der Waals surface area (Å²) in [5.41, 5.74) is 11.3. The molecule has 0 amide bonds. The average Bonchev–Trinajstić information content (AvgIpc) is 3.39. The summed E-state index contributed by atoms with van der Waals surface area (Å²) >= 11 is 0. The lowest BCUT2D eigenvalue weighted by Gasteiger charge is -2.37. The molecule has 1 atom stereocenters. The van der Waals surface area contributed by atoms with E-state index in [1.54, 1.807) is 0 Å². The van der Waals surface area contributed by atoms with Crippen molar-refractivity contribution >= 4 is 17.6 Å². The molecule has 190 valence electrons. The third kappa shape index (κ3) is 4.65. The van der Waals surface area contributed by atoms with E-state index in [9.17, 15) is 0 Å². The number of fused-ring (bicyclic) bond motifs is 1. The van der Waals surface area contributed by atoms with Gasteiger partial charge in [0, 0.05) is 69.8 Å². The van der Waals surface area contributed by atoms with Gasteiger partial charge in [0.15, 0.2) is 0 Å². The minimum atomic E-state index is 0.328. The van der Waals surface area contributed by atoms with Crippen LogP contribution in [-0.2, 0) is 17.7 Å². The van der Waals surface area contributed by atoms with E-state index in [0.29, 0.717) is 18.0 Å². The first-order valence-electron chi connectivity index (χ1n) is 13.1. The third-order valence-electron chi connectivity index (χ3n) is 7.93. The number of piperazine rings is 1. The van der Waals surface area contributed by atoms with Crippen molar-refractivity contribution in [2.45, 2.75) is 44.8 Å². The molecular formula is C27H36N8O. The van der Waals surface area contributed by atoms with E-state index in [0.717, 1.165) is 82.4 Å². The van der Waals surface area contributed by atoms with E-state index in [1.807, 2.05) is 6.20 Å². The Labute approximate surface area is 212 Å². The Morgan fingerprint density at radius 3 is 2.53 bits per heavy atom. The van der Waals surface area contributed by atoms with Gasteiger partial charge in [-0.25, -0.2) is 0 Å². The number of hydrogen-bond donors (Lipinski definition) is 1. The quantitative estimate of drug-likeness (QED) is 0.600. The highest BCUT2D eigenvalue weighted by atomic mass is 16.5. The maximum atomic E-state index is 6.20. The third-order valence-corrected chi connectivity index (χ3v) is 7.93. The number of hydrogen-bond acceptors (Lipinski definition) is 8. The second-order valence-electron chi connectivity index (χ2n) is 10.4. The van der Waals surface area contributed by atoms with E-state index in [2.05, 4.69) is 78.9 Å². The summed E-state index contributed by atoms with van der Waals surface area (Å²) in [6, 6.07) is 9.72. The molecule has 3 aliphatic heterocycles. The molecule has 1 unspecified atom stereocenters. The smallest absolute Gasteiger partial charge is 0.223 e. The van der Waals surface area contributed by atoms with Crippen LogP contribution in [0.4, 0.5) is 17.6 Å². The van der Waals surface area contributed by atoms with Gasteiger partial charge in [-0.15, -0.1) is 0 Å². The summed E-state index contributed by atoms with van der Waals surface area (Å²) in [5.74, 6) is 2.18. The zero-order valence-corrected chi connectivity index (χ0v) is 21.3. The van der Waals surface area contributed by atoms with Gasteiger partial charge in [0.05, 0.1) is 12.2 Å². The standard InChI is InChI=1S/C27H36N8O/c1-19-13-20-3-4-21(23-16-29-35(18-23)24-5-11-36-12-6-24)14-22(20)17-34(19)26-15-25(30-27(28)31-26)33-9-7-32(2)8-10-33/h3-4,14-16,18-19,24H,5-13,17H2,1-2H3,(H2,28,30,31). The fraction of sp³-hybridized carbons (Fsp3) is 0.519. The second kappa shape index (κ2) is 9.71. The van der Waals surface area contributed by atoms with Gasteiger partial charge in [-0.05, 0) is 56.0 Å². The van der Waals surface area contributed by atoms with Crippen LogP contribution < -0.4 is 15.5 Å². The van der Waals surface area contributed by atoms with Crippen LogP contribution in [0.25, 0.3) is 11.1 Å². The van der Waals surface area contributed by atoms with Crippen molar-refractivity contribution in [2.75, 3.05) is 62.0 Å². The van der Waals surface area contributed by atoms with Crippen molar-refractivity contribution < 1.29 is 4.74 Å². The van der Waals surface area contributed by atoms with Crippen LogP contribution in [0.2, 0.25) is 0 Å². The molecule has 0 saturated carbocycles. The predicted molar refractivity (Wildman–Crippen MR) is 142 cm³/mol. The molecule has 2 fully saturated rings. The number of anilines is 3. The van der Waals surface area contributed by atoms with E-state index >= 15 is 0 Å². The maximum absolute atomic E-state index is 6.20. The number of ether oxygens (including phenoxy) is 1. The lowest BCUT2D eigenvalue weighted by Crippen LogP contribution is -2.45. The topological polar surface area (TPSA) is 88.6 Å². The highest BCUT2D eigenvalue weighted by Crippen LogP contribution is 2.33. The number of nitrogens with two attached hydrogens (primary N) is 1. The fourth-order valence-corrected chi connectivity index (χ4v) is 5.65. The molecule has 3 aliphatic rings. The lowest BCUT2D eigenvalue weighted by atomic mass is 9.92. The van der Waals surface area contributed by atoms with Crippen LogP contribution in [0.1, 0.15) is 36.9 Å².